The largest absolute Gasteiger partial charge is 0.466 e. The normalized spacial score (nSPS) is 18.7. The van der Waals surface area contributed by atoms with Gasteiger partial charge >= 0.3 is 11.9 Å². The first-order valence-electron chi connectivity index (χ1n) is 11.1. The van der Waals surface area contributed by atoms with Crippen LogP contribution >= 0.6 is 0 Å². The molecule has 2 aliphatic heterocycles. The molecule has 0 radical (unpaired) electrons. The summed E-state index contributed by atoms with van der Waals surface area (Å²) in [4.78, 5) is 38.1. The molecule has 0 saturated carbocycles. The van der Waals surface area contributed by atoms with Crippen LogP contribution in [0.2, 0.25) is 0 Å². The molecule has 9 nitrogen and oxygen atoms in total. The van der Waals surface area contributed by atoms with Gasteiger partial charge in [0.15, 0.2) is 6.61 Å². The molecule has 0 bridgehead atoms. The number of sulfonamides is 1. The smallest absolute Gasteiger partial charge is 0.309 e. The molecule has 0 unspecified atom stereocenters. The van der Waals surface area contributed by atoms with Gasteiger partial charge < -0.3 is 14.4 Å². The number of hydrogen-bond acceptors (Lipinski definition) is 7. The van der Waals surface area contributed by atoms with E-state index in [1.165, 1.54) is 16.4 Å². The minimum atomic E-state index is -3.76. The third kappa shape index (κ3) is 6.29. The molecule has 1 amide bonds. The van der Waals surface area contributed by atoms with Crippen molar-refractivity contribution in [3.63, 3.8) is 0 Å². The van der Waals surface area contributed by atoms with Gasteiger partial charge in [0.2, 0.25) is 10.0 Å². The summed E-state index contributed by atoms with van der Waals surface area (Å²) in [6.45, 7) is 2.77. The van der Waals surface area contributed by atoms with Crippen LogP contribution in [0.5, 0.6) is 0 Å². The maximum Gasteiger partial charge on any atom is 0.309 e. The van der Waals surface area contributed by atoms with E-state index in [4.69, 9.17) is 9.47 Å². The summed E-state index contributed by atoms with van der Waals surface area (Å²) >= 11 is 0. The van der Waals surface area contributed by atoms with Gasteiger partial charge in [-0.3, -0.25) is 14.4 Å². The number of hydrogen-bond donors (Lipinski definition) is 0. The first kappa shape index (κ1) is 25.1. The molecule has 2 aliphatic rings. The summed E-state index contributed by atoms with van der Waals surface area (Å²) in [5.74, 6) is -2.32. The second-order valence-electron chi connectivity index (χ2n) is 8.15. The Morgan fingerprint density at radius 3 is 1.97 bits per heavy atom. The van der Waals surface area contributed by atoms with E-state index in [9.17, 15) is 27.2 Å². The topological polar surface area (TPSA) is 110 Å². The number of likely N-dealkylation sites (tertiary alicyclic amines) is 1. The summed E-state index contributed by atoms with van der Waals surface area (Å²) in [6, 6.07) is 4.61. The van der Waals surface area contributed by atoms with Crippen LogP contribution in [-0.4, -0.2) is 74.9 Å². The van der Waals surface area contributed by atoms with Crippen LogP contribution in [0.3, 0.4) is 0 Å². The fourth-order valence-electron chi connectivity index (χ4n) is 4.05. The van der Waals surface area contributed by atoms with Gasteiger partial charge in [-0.2, -0.15) is 4.31 Å². The number of ether oxygens (including phenoxy) is 2. The highest BCUT2D eigenvalue weighted by atomic mass is 32.2. The predicted octanol–water partition coefficient (Wildman–Crippen LogP) is 1.57. The average Bonchev–Trinajstić information content (AvgIpc) is 2.83. The van der Waals surface area contributed by atoms with Crippen LogP contribution in [0.4, 0.5) is 4.39 Å². The van der Waals surface area contributed by atoms with Crippen molar-refractivity contribution in [3.8, 4) is 0 Å². The summed E-state index contributed by atoms with van der Waals surface area (Å²) in [5.41, 5.74) is 0. The zero-order chi connectivity index (χ0) is 24.0. The Kier molecular flexibility index (Phi) is 8.41. The van der Waals surface area contributed by atoms with Gasteiger partial charge in [0, 0.05) is 26.2 Å². The molecule has 0 spiro atoms. The molecule has 182 valence electrons. The van der Waals surface area contributed by atoms with Gasteiger partial charge in [0.25, 0.3) is 5.91 Å². The van der Waals surface area contributed by atoms with Crippen LogP contribution in [0.15, 0.2) is 29.2 Å². The summed E-state index contributed by atoms with van der Waals surface area (Å²) < 4.78 is 49.9. The van der Waals surface area contributed by atoms with E-state index in [0.29, 0.717) is 32.5 Å². The molecule has 2 fully saturated rings. The van der Waals surface area contributed by atoms with Crippen LogP contribution in [0.25, 0.3) is 0 Å². The number of amides is 1. The Labute approximate surface area is 192 Å². The van der Waals surface area contributed by atoms with E-state index in [1.54, 1.807) is 11.8 Å². The van der Waals surface area contributed by atoms with Crippen molar-refractivity contribution in [2.45, 2.75) is 37.5 Å². The van der Waals surface area contributed by atoms with Gasteiger partial charge in [-0.15, -0.1) is 0 Å². The maximum absolute atomic E-state index is 13.1. The lowest BCUT2D eigenvalue weighted by Crippen LogP contribution is -2.43. The number of halogens is 1. The Bertz CT molecular complexity index is 951. The fourth-order valence-corrected chi connectivity index (χ4v) is 5.52. The lowest BCUT2D eigenvalue weighted by molar-refractivity contribution is -0.158. The number of benzene rings is 1. The SMILES string of the molecule is CCOC(=O)C1CCN(C(=O)COC(=O)C2CCN(S(=O)(=O)c3ccc(F)cc3)CC2)CC1. The third-order valence-electron chi connectivity index (χ3n) is 6.04. The fraction of sp³-hybridized carbons (Fsp3) is 0.591. The van der Waals surface area contributed by atoms with Crippen molar-refractivity contribution in [1.82, 2.24) is 9.21 Å². The van der Waals surface area contributed by atoms with Crippen molar-refractivity contribution >= 4 is 27.9 Å². The molecule has 0 N–H and O–H groups in total. The highest BCUT2D eigenvalue weighted by Crippen LogP contribution is 2.25. The van der Waals surface area contributed by atoms with Gasteiger partial charge in [-0.25, -0.2) is 12.8 Å². The first-order chi connectivity index (χ1) is 15.7. The Balaban J connectivity index is 1.42. The van der Waals surface area contributed by atoms with Gasteiger partial charge in [0.05, 0.1) is 23.3 Å². The second kappa shape index (κ2) is 11.1. The Hall–Kier alpha value is -2.53. The van der Waals surface area contributed by atoms with Crippen LogP contribution in [0, 0.1) is 17.7 Å². The summed E-state index contributed by atoms with van der Waals surface area (Å²) in [7, 11) is -3.76. The number of carbonyl (C=O) groups is 3. The van der Waals surface area contributed by atoms with Gasteiger partial charge in [-0.1, -0.05) is 0 Å². The molecule has 33 heavy (non-hydrogen) atoms. The summed E-state index contributed by atoms with van der Waals surface area (Å²) in [6.07, 6.45) is 1.58. The molecule has 0 aromatic heterocycles. The number of nitrogens with zero attached hydrogens (tertiary/aromatic N) is 2. The van der Waals surface area contributed by atoms with Crippen molar-refractivity contribution in [1.29, 1.82) is 0 Å². The molecular formula is C22H29FN2O7S. The zero-order valence-corrected chi connectivity index (χ0v) is 19.4. The number of rotatable bonds is 7. The first-order valence-corrected chi connectivity index (χ1v) is 12.5. The number of esters is 2. The van der Waals surface area contributed by atoms with E-state index in [1.807, 2.05) is 0 Å². The minimum Gasteiger partial charge on any atom is -0.466 e. The molecule has 11 heteroatoms. The highest BCUT2D eigenvalue weighted by Gasteiger charge is 2.34. The molecule has 1 aromatic rings. The zero-order valence-electron chi connectivity index (χ0n) is 18.6. The van der Waals surface area contributed by atoms with E-state index < -0.39 is 27.7 Å². The van der Waals surface area contributed by atoms with Crippen molar-refractivity contribution < 1.29 is 36.7 Å². The minimum absolute atomic E-state index is 0.00208. The lowest BCUT2D eigenvalue weighted by Gasteiger charge is -2.31. The molecule has 2 saturated heterocycles. The Morgan fingerprint density at radius 1 is 0.909 bits per heavy atom. The summed E-state index contributed by atoms with van der Waals surface area (Å²) in [5, 5.41) is 0. The number of piperidine rings is 2. The predicted molar refractivity (Wildman–Crippen MR) is 115 cm³/mol. The highest BCUT2D eigenvalue weighted by molar-refractivity contribution is 7.89. The Morgan fingerprint density at radius 2 is 1.42 bits per heavy atom. The van der Waals surface area contributed by atoms with Crippen LogP contribution < -0.4 is 0 Å². The quantitative estimate of drug-likeness (QED) is 0.540. The number of carbonyl (C=O) groups excluding carboxylic acids is 3. The third-order valence-corrected chi connectivity index (χ3v) is 7.96. The van der Waals surface area contributed by atoms with Crippen LogP contribution in [-0.2, 0) is 33.9 Å². The van der Waals surface area contributed by atoms with Crippen molar-refractivity contribution in [2.75, 3.05) is 39.4 Å². The van der Waals surface area contributed by atoms with Gasteiger partial charge in [-0.05, 0) is 56.9 Å². The molecule has 2 heterocycles. The van der Waals surface area contributed by atoms with E-state index >= 15 is 0 Å². The van der Waals surface area contributed by atoms with Crippen LogP contribution in [0.1, 0.15) is 32.6 Å². The molecular weight excluding hydrogens is 455 g/mol. The average molecular weight is 485 g/mol. The van der Waals surface area contributed by atoms with Crippen molar-refractivity contribution in [2.24, 2.45) is 11.8 Å². The molecule has 0 atom stereocenters. The van der Waals surface area contributed by atoms with E-state index in [2.05, 4.69) is 0 Å². The monoisotopic (exact) mass is 484 g/mol. The van der Waals surface area contributed by atoms with Crippen molar-refractivity contribution in [3.05, 3.63) is 30.1 Å². The molecule has 3 rings (SSSR count). The lowest BCUT2D eigenvalue weighted by atomic mass is 9.97. The standard InChI is InChI=1S/C22H29FN2O7S/c1-2-31-21(27)16-7-11-24(12-8-16)20(26)15-32-22(28)17-9-13-25(14-10-17)33(29,30)19-5-3-18(23)4-6-19/h3-6,16-17H,2,7-15H2,1H3. The van der Waals surface area contributed by atoms with Gasteiger partial charge in [0.1, 0.15) is 5.82 Å². The van der Waals surface area contributed by atoms with E-state index in [0.717, 1.165) is 12.1 Å². The maximum atomic E-state index is 13.1. The molecule has 1 aromatic carbocycles. The molecule has 0 aliphatic carbocycles. The van der Waals surface area contributed by atoms with E-state index in [-0.39, 0.29) is 55.2 Å². The second-order valence-corrected chi connectivity index (χ2v) is 10.1.